The Kier molecular flexibility index (Phi) is 5.34. The summed E-state index contributed by atoms with van der Waals surface area (Å²) < 4.78 is 11.4. The van der Waals surface area contributed by atoms with Crippen LogP contribution in [0.5, 0.6) is 11.5 Å². The highest BCUT2D eigenvalue weighted by Gasteiger charge is 2.12. The Balaban J connectivity index is 1.78. The highest BCUT2D eigenvalue weighted by atomic mass is 16.5. The van der Waals surface area contributed by atoms with Gasteiger partial charge in [0.2, 0.25) is 0 Å². The molecule has 0 radical (unpaired) electrons. The van der Waals surface area contributed by atoms with Gasteiger partial charge in [0.25, 0.3) is 0 Å². The third-order valence-electron chi connectivity index (χ3n) is 3.29. The molecule has 1 fully saturated rings. The summed E-state index contributed by atoms with van der Waals surface area (Å²) >= 11 is 0. The summed E-state index contributed by atoms with van der Waals surface area (Å²) in [6.45, 7) is 4.56. The first kappa shape index (κ1) is 13.2. The van der Waals surface area contributed by atoms with Crippen LogP contribution in [0.1, 0.15) is 32.6 Å². The number of rotatable bonds is 6. The quantitative estimate of drug-likeness (QED) is 0.840. The molecule has 0 saturated carbocycles. The fourth-order valence-corrected chi connectivity index (χ4v) is 2.33. The van der Waals surface area contributed by atoms with Crippen LogP contribution in [-0.4, -0.2) is 25.8 Å². The summed E-state index contributed by atoms with van der Waals surface area (Å²) in [5.74, 6) is 1.70. The lowest BCUT2D eigenvalue weighted by Gasteiger charge is -2.23. The smallest absolute Gasteiger partial charge is 0.161 e. The Morgan fingerprint density at radius 1 is 1.17 bits per heavy atom. The summed E-state index contributed by atoms with van der Waals surface area (Å²) in [5.41, 5.74) is 0. The lowest BCUT2D eigenvalue weighted by atomic mass is 10.0. The van der Waals surface area contributed by atoms with Crippen molar-refractivity contribution in [3.05, 3.63) is 24.3 Å². The van der Waals surface area contributed by atoms with Crippen LogP contribution in [0.4, 0.5) is 0 Å². The second kappa shape index (κ2) is 7.27. The average molecular weight is 249 g/mol. The van der Waals surface area contributed by atoms with Crippen molar-refractivity contribution in [3.63, 3.8) is 0 Å². The van der Waals surface area contributed by atoms with E-state index in [1.54, 1.807) is 0 Å². The molecule has 100 valence electrons. The first-order valence-corrected chi connectivity index (χ1v) is 6.98. The second-order valence-corrected chi connectivity index (χ2v) is 4.66. The third kappa shape index (κ3) is 3.91. The molecule has 0 amide bonds. The number of hydrogen-bond donors (Lipinski definition) is 1. The summed E-state index contributed by atoms with van der Waals surface area (Å²) in [6, 6.07) is 8.51. The average Bonchev–Trinajstić information content (AvgIpc) is 2.42. The molecule has 18 heavy (non-hydrogen) atoms. The number of ether oxygens (including phenoxy) is 2. The monoisotopic (exact) mass is 249 g/mol. The van der Waals surface area contributed by atoms with E-state index in [9.17, 15) is 0 Å². The standard InChI is InChI=1S/C15H23NO2/c1-2-17-14-8-3-4-9-15(14)18-12-10-13-7-5-6-11-16-13/h3-4,8-9,13,16H,2,5-7,10-12H2,1H3. The Hall–Kier alpha value is -1.22. The number of hydrogen-bond acceptors (Lipinski definition) is 3. The summed E-state index contributed by atoms with van der Waals surface area (Å²) in [5, 5.41) is 3.53. The van der Waals surface area contributed by atoms with Crippen LogP contribution in [-0.2, 0) is 0 Å². The van der Waals surface area contributed by atoms with E-state index in [0.29, 0.717) is 12.6 Å². The molecule has 1 N–H and O–H groups in total. The van der Waals surface area contributed by atoms with Gasteiger partial charge in [-0.15, -0.1) is 0 Å². The molecule has 0 bridgehead atoms. The maximum Gasteiger partial charge on any atom is 0.161 e. The van der Waals surface area contributed by atoms with Crippen molar-refractivity contribution in [1.82, 2.24) is 5.32 Å². The lowest BCUT2D eigenvalue weighted by molar-refractivity contribution is 0.249. The topological polar surface area (TPSA) is 30.5 Å². The summed E-state index contributed by atoms with van der Waals surface area (Å²) in [7, 11) is 0. The first-order chi connectivity index (χ1) is 8.90. The fourth-order valence-electron chi connectivity index (χ4n) is 2.33. The summed E-state index contributed by atoms with van der Waals surface area (Å²) in [6.07, 6.45) is 4.99. The highest BCUT2D eigenvalue weighted by molar-refractivity contribution is 5.39. The number of para-hydroxylation sites is 2. The number of piperidine rings is 1. The van der Waals surface area contributed by atoms with Crippen LogP contribution >= 0.6 is 0 Å². The predicted molar refractivity (Wildman–Crippen MR) is 73.4 cm³/mol. The van der Waals surface area contributed by atoms with E-state index in [1.807, 2.05) is 31.2 Å². The second-order valence-electron chi connectivity index (χ2n) is 4.66. The van der Waals surface area contributed by atoms with Crippen LogP contribution in [0.2, 0.25) is 0 Å². The molecule has 3 heteroatoms. The minimum absolute atomic E-state index is 0.623. The maximum absolute atomic E-state index is 5.83. The van der Waals surface area contributed by atoms with Gasteiger partial charge in [-0.25, -0.2) is 0 Å². The molecule has 1 atom stereocenters. The van der Waals surface area contributed by atoms with Crippen molar-refractivity contribution in [1.29, 1.82) is 0 Å². The number of nitrogens with one attached hydrogen (secondary N) is 1. The van der Waals surface area contributed by atoms with Crippen molar-refractivity contribution in [2.24, 2.45) is 0 Å². The van der Waals surface area contributed by atoms with E-state index < -0.39 is 0 Å². The first-order valence-electron chi connectivity index (χ1n) is 6.98. The van der Waals surface area contributed by atoms with Gasteiger partial charge in [-0.2, -0.15) is 0 Å². The van der Waals surface area contributed by atoms with Gasteiger partial charge in [-0.3, -0.25) is 0 Å². The molecule has 1 unspecified atom stereocenters. The fraction of sp³-hybridized carbons (Fsp3) is 0.600. The Morgan fingerprint density at radius 3 is 2.61 bits per heavy atom. The molecular weight excluding hydrogens is 226 g/mol. The molecule has 0 aromatic heterocycles. The third-order valence-corrected chi connectivity index (χ3v) is 3.29. The van der Waals surface area contributed by atoms with Gasteiger partial charge in [0, 0.05) is 6.04 Å². The zero-order chi connectivity index (χ0) is 12.6. The van der Waals surface area contributed by atoms with E-state index in [2.05, 4.69) is 5.32 Å². The predicted octanol–water partition coefficient (Wildman–Crippen LogP) is 3.00. The van der Waals surface area contributed by atoms with Crippen LogP contribution in [0.15, 0.2) is 24.3 Å². The minimum Gasteiger partial charge on any atom is -0.490 e. The van der Waals surface area contributed by atoms with Gasteiger partial charge in [0.05, 0.1) is 13.2 Å². The molecule has 1 aromatic carbocycles. The maximum atomic E-state index is 5.83. The number of benzene rings is 1. The van der Waals surface area contributed by atoms with Gasteiger partial charge in [0.1, 0.15) is 0 Å². The van der Waals surface area contributed by atoms with Gasteiger partial charge < -0.3 is 14.8 Å². The Labute approximate surface area is 109 Å². The minimum atomic E-state index is 0.623. The van der Waals surface area contributed by atoms with E-state index >= 15 is 0 Å². The zero-order valence-corrected chi connectivity index (χ0v) is 11.2. The van der Waals surface area contributed by atoms with Crippen molar-refractivity contribution in [2.75, 3.05) is 19.8 Å². The highest BCUT2D eigenvalue weighted by Crippen LogP contribution is 2.26. The molecule has 1 aromatic rings. The van der Waals surface area contributed by atoms with Gasteiger partial charge in [-0.05, 0) is 44.9 Å². The van der Waals surface area contributed by atoms with Crippen molar-refractivity contribution < 1.29 is 9.47 Å². The normalized spacial score (nSPS) is 19.5. The Morgan fingerprint density at radius 2 is 1.94 bits per heavy atom. The molecule has 1 heterocycles. The molecule has 3 nitrogen and oxygen atoms in total. The van der Waals surface area contributed by atoms with Crippen molar-refractivity contribution in [3.8, 4) is 11.5 Å². The molecule has 1 aliphatic rings. The molecule has 1 saturated heterocycles. The zero-order valence-electron chi connectivity index (χ0n) is 11.2. The summed E-state index contributed by atoms with van der Waals surface area (Å²) in [4.78, 5) is 0. The van der Waals surface area contributed by atoms with Gasteiger partial charge in [0.15, 0.2) is 11.5 Å². The van der Waals surface area contributed by atoms with Crippen LogP contribution in [0, 0.1) is 0 Å². The van der Waals surface area contributed by atoms with Crippen LogP contribution in [0.3, 0.4) is 0 Å². The van der Waals surface area contributed by atoms with E-state index in [1.165, 1.54) is 19.3 Å². The molecule has 0 aliphatic carbocycles. The molecule has 1 aliphatic heterocycles. The lowest BCUT2D eigenvalue weighted by Crippen LogP contribution is -2.35. The van der Waals surface area contributed by atoms with E-state index in [0.717, 1.165) is 31.1 Å². The largest absolute Gasteiger partial charge is 0.490 e. The van der Waals surface area contributed by atoms with Crippen LogP contribution < -0.4 is 14.8 Å². The Bertz CT molecular complexity index is 348. The SMILES string of the molecule is CCOc1ccccc1OCCC1CCCCN1. The molecular formula is C15H23NO2. The van der Waals surface area contributed by atoms with E-state index in [4.69, 9.17) is 9.47 Å². The van der Waals surface area contributed by atoms with Gasteiger partial charge in [-0.1, -0.05) is 18.6 Å². The van der Waals surface area contributed by atoms with Crippen molar-refractivity contribution >= 4 is 0 Å². The van der Waals surface area contributed by atoms with E-state index in [-0.39, 0.29) is 0 Å². The van der Waals surface area contributed by atoms with Crippen molar-refractivity contribution in [2.45, 2.75) is 38.6 Å². The van der Waals surface area contributed by atoms with Crippen LogP contribution in [0.25, 0.3) is 0 Å². The molecule has 0 spiro atoms. The molecule has 2 rings (SSSR count). The van der Waals surface area contributed by atoms with Gasteiger partial charge >= 0.3 is 0 Å².